The van der Waals surface area contributed by atoms with Crippen molar-refractivity contribution in [2.45, 2.75) is 57.5 Å². The molecule has 0 radical (unpaired) electrons. The van der Waals surface area contributed by atoms with Crippen LogP contribution in [-0.2, 0) is 0 Å². The fourth-order valence-electron chi connectivity index (χ4n) is 3.20. The van der Waals surface area contributed by atoms with Crippen LogP contribution in [0.25, 0.3) is 11.3 Å². The van der Waals surface area contributed by atoms with Gasteiger partial charge in [-0.3, -0.25) is 9.48 Å². The third-order valence-corrected chi connectivity index (χ3v) is 4.84. The van der Waals surface area contributed by atoms with E-state index in [0.717, 1.165) is 48.2 Å². The lowest BCUT2D eigenvalue weighted by Gasteiger charge is -2.12. The van der Waals surface area contributed by atoms with E-state index in [0.29, 0.717) is 17.5 Å². The van der Waals surface area contributed by atoms with Crippen LogP contribution in [0.2, 0.25) is 0 Å². The number of rotatable bonds is 5. The second-order valence-corrected chi connectivity index (χ2v) is 7.36. The fourth-order valence-corrected chi connectivity index (χ4v) is 3.20. The van der Waals surface area contributed by atoms with E-state index in [4.69, 9.17) is 10.4 Å². The topological polar surface area (TPSA) is 70.7 Å². The predicted molar refractivity (Wildman–Crippen MR) is 95.2 cm³/mol. The van der Waals surface area contributed by atoms with Gasteiger partial charge in [0.25, 0.3) is 5.91 Å². The molecule has 0 aliphatic heterocycles. The summed E-state index contributed by atoms with van der Waals surface area (Å²) < 4.78 is 1.87. The van der Waals surface area contributed by atoms with Gasteiger partial charge in [0, 0.05) is 23.2 Å². The van der Waals surface area contributed by atoms with Gasteiger partial charge in [-0.25, -0.2) is 0 Å². The maximum absolute atomic E-state index is 12.9. The number of carbonyl (C=O) groups excluding carboxylic acids is 1. The van der Waals surface area contributed by atoms with Gasteiger partial charge in [0.2, 0.25) is 0 Å². The molecule has 2 aliphatic carbocycles. The number of nitriles is 1. The third-order valence-electron chi connectivity index (χ3n) is 4.84. The van der Waals surface area contributed by atoms with Crippen LogP contribution in [0.15, 0.2) is 24.3 Å². The summed E-state index contributed by atoms with van der Waals surface area (Å²) in [5.74, 6) is 0.420. The first-order valence-corrected chi connectivity index (χ1v) is 9.02. The van der Waals surface area contributed by atoms with Crippen LogP contribution in [0.5, 0.6) is 0 Å². The Bertz CT molecular complexity index is 849. The molecule has 0 unspecified atom stereocenters. The van der Waals surface area contributed by atoms with Crippen LogP contribution in [-0.4, -0.2) is 21.7 Å². The molecule has 1 aromatic heterocycles. The van der Waals surface area contributed by atoms with E-state index in [1.165, 1.54) is 0 Å². The Morgan fingerprint density at radius 3 is 2.44 bits per heavy atom. The van der Waals surface area contributed by atoms with Crippen LogP contribution in [0.4, 0.5) is 0 Å². The van der Waals surface area contributed by atoms with Crippen LogP contribution in [0.3, 0.4) is 0 Å². The molecular weight excluding hydrogens is 312 g/mol. The molecule has 1 aromatic carbocycles. The van der Waals surface area contributed by atoms with Gasteiger partial charge in [0.05, 0.1) is 17.3 Å². The van der Waals surface area contributed by atoms with E-state index < -0.39 is 0 Å². The first-order chi connectivity index (χ1) is 12.1. The summed E-state index contributed by atoms with van der Waals surface area (Å²) in [5.41, 5.74) is 4.30. The highest BCUT2D eigenvalue weighted by atomic mass is 16.2. The van der Waals surface area contributed by atoms with Gasteiger partial charge < -0.3 is 5.32 Å². The van der Waals surface area contributed by atoms with E-state index in [-0.39, 0.29) is 11.9 Å². The Morgan fingerprint density at radius 2 is 1.92 bits per heavy atom. The van der Waals surface area contributed by atoms with Gasteiger partial charge in [-0.2, -0.15) is 10.4 Å². The van der Waals surface area contributed by atoms with Gasteiger partial charge in [-0.1, -0.05) is 12.1 Å². The molecule has 2 aromatic rings. The number of hydrogen-bond donors (Lipinski definition) is 1. The number of aromatic nitrogens is 2. The zero-order chi connectivity index (χ0) is 17.6. The van der Waals surface area contributed by atoms with Crippen LogP contribution in [0, 0.1) is 11.3 Å². The second-order valence-electron chi connectivity index (χ2n) is 7.36. The van der Waals surface area contributed by atoms with E-state index in [1.807, 2.05) is 28.9 Å². The quantitative estimate of drug-likeness (QED) is 0.904. The zero-order valence-corrected chi connectivity index (χ0v) is 14.6. The van der Waals surface area contributed by atoms with Crippen molar-refractivity contribution in [1.29, 1.82) is 5.26 Å². The molecule has 128 valence electrons. The lowest BCUT2D eigenvalue weighted by molar-refractivity contribution is 0.0937. The molecule has 2 fully saturated rings. The van der Waals surface area contributed by atoms with Gasteiger partial charge in [0.15, 0.2) is 0 Å². The molecule has 0 bridgehead atoms. The predicted octanol–water partition coefficient (Wildman–Crippen LogP) is 3.77. The Kier molecular flexibility index (Phi) is 3.84. The summed E-state index contributed by atoms with van der Waals surface area (Å²) in [4.78, 5) is 12.9. The standard InChI is InChI=1S/C20H22N4O/c1-12(2)24-19(20(25)22-16-9-10-16)17(14-7-8-14)18(23-24)15-5-3-13(11-21)4-6-15/h3-6,12,14,16H,7-10H2,1-2H3,(H,22,25). The third kappa shape index (κ3) is 3.05. The van der Waals surface area contributed by atoms with Crippen LogP contribution >= 0.6 is 0 Å². The van der Waals surface area contributed by atoms with Crippen molar-refractivity contribution in [3.8, 4) is 17.3 Å². The van der Waals surface area contributed by atoms with Crippen LogP contribution < -0.4 is 5.32 Å². The summed E-state index contributed by atoms with van der Waals surface area (Å²) in [6.45, 7) is 4.11. The molecule has 0 spiro atoms. The summed E-state index contributed by atoms with van der Waals surface area (Å²) >= 11 is 0. The number of benzene rings is 1. The van der Waals surface area contributed by atoms with Gasteiger partial charge in [-0.15, -0.1) is 0 Å². The molecular formula is C20H22N4O. The number of nitrogens with one attached hydrogen (secondary N) is 1. The normalized spacial score (nSPS) is 16.7. The van der Waals surface area contributed by atoms with Crippen molar-refractivity contribution in [3.63, 3.8) is 0 Å². The average Bonchev–Trinajstić information content (AvgIpc) is 3.54. The molecule has 4 rings (SSSR count). The molecule has 1 amide bonds. The smallest absolute Gasteiger partial charge is 0.270 e. The highest BCUT2D eigenvalue weighted by Gasteiger charge is 2.37. The molecule has 0 atom stereocenters. The monoisotopic (exact) mass is 334 g/mol. The van der Waals surface area contributed by atoms with Gasteiger partial charge in [-0.05, 0) is 57.6 Å². The second kappa shape index (κ2) is 6.03. The number of amides is 1. The summed E-state index contributed by atoms with van der Waals surface area (Å²) in [5, 5.41) is 17.0. The van der Waals surface area contributed by atoms with Crippen molar-refractivity contribution in [2.24, 2.45) is 0 Å². The SMILES string of the molecule is CC(C)n1nc(-c2ccc(C#N)cc2)c(C2CC2)c1C(=O)NC1CC1. The van der Waals surface area contributed by atoms with Gasteiger partial charge in [0.1, 0.15) is 5.69 Å². The number of nitrogens with zero attached hydrogens (tertiary/aromatic N) is 3. The van der Waals surface area contributed by atoms with Crippen molar-refractivity contribution < 1.29 is 4.79 Å². The van der Waals surface area contributed by atoms with Crippen molar-refractivity contribution in [3.05, 3.63) is 41.1 Å². The lowest BCUT2D eigenvalue weighted by atomic mass is 10.0. The Balaban J connectivity index is 1.82. The largest absolute Gasteiger partial charge is 0.348 e. The fraction of sp³-hybridized carbons (Fsp3) is 0.450. The summed E-state index contributed by atoms with van der Waals surface area (Å²) in [6.07, 6.45) is 4.36. The number of hydrogen-bond acceptors (Lipinski definition) is 3. The van der Waals surface area contributed by atoms with E-state index in [2.05, 4.69) is 25.2 Å². The molecule has 5 nitrogen and oxygen atoms in total. The van der Waals surface area contributed by atoms with E-state index in [1.54, 1.807) is 0 Å². The molecule has 25 heavy (non-hydrogen) atoms. The Hall–Kier alpha value is -2.61. The van der Waals surface area contributed by atoms with Gasteiger partial charge >= 0.3 is 0 Å². The molecule has 2 aliphatic rings. The molecule has 0 saturated heterocycles. The van der Waals surface area contributed by atoms with E-state index >= 15 is 0 Å². The van der Waals surface area contributed by atoms with Crippen molar-refractivity contribution in [2.75, 3.05) is 0 Å². The Labute approximate surface area is 147 Å². The molecule has 1 N–H and O–H groups in total. The van der Waals surface area contributed by atoms with Crippen LogP contribution in [0.1, 0.15) is 73.1 Å². The maximum Gasteiger partial charge on any atom is 0.270 e. The number of carbonyl (C=O) groups is 1. The minimum atomic E-state index is 0.00509. The molecule has 2 saturated carbocycles. The van der Waals surface area contributed by atoms with Crippen molar-refractivity contribution in [1.82, 2.24) is 15.1 Å². The minimum absolute atomic E-state index is 0.00509. The average molecular weight is 334 g/mol. The Morgan fingerprint density at radius 1 is 1.24 bits per heavy atom. The summed E-state index contributed by atoms with van der Waals surface area (Å²) in [6, 6.07) is 10.1. The maximum atomic E-state index is 12.9. The highest BCUT2D eigenvalue weighted by molar-refractivity contribution is 5.96. The molecule has 5 heteroatoms. The first kappa shape index (κ1) is 15.9. The lowest BCUT2D eigenvalue weighted by Crippen LogP contribution is -2.29. The zero-order valence-electron chi connectivity index (χ0n) is 14.6. The van der Waals surface area contributed by atoms with Crippen molar-refractivity contribution >= 4 is 5.91 Å². The first-order valence-electron chi connectivity index (χ1n) is 9.02. The molecule has 1 heterocycles. The minimum Gasteiger partial charge on any atom is -0.348 e. The summed E-state index contributed by atoms with van der Waals surface area (Å²) in [7, 11) is 0. The highest BCUT2D eigenvalue weighted by Crippen LogP contribution is 2.46. The van der Waals surface area contributed by atoms with E-state index in [9.17, 15) is 4.79 Å².